The van der Waals surface area contributed by atoms with Crippen LogP contribution in [-0.4, -0.2) is 24.0 Å². The van der Waals surface area contributed by atoms with Crippen molar-refractivity contribution in [2.24, 2.45) is 11.5 Å². The summed E-state index contributed by atoms with van der Waals surface area (Å²) >= 11 is 0. The molecule has 1 atom stereocenters. The predicted molar refractivity (Wildman–Crippen MR) is 124 cm³/mol. The van der Waals surface area contributed by atoms with Gasteiger partial charge in [-0.25, -0.2) is 0 Å². The van der Waals surface area contributed by atoms with Crippen LogP contribution >= 0.6 is 12.4 Å². The van der Waals surface area contributed by atoms with Gasteiger partial charge in [-0.15, -0.1) is 12.4 Å². The number of hydrogen-bond donors (Lipinski definition) is 4. The molecular formula is C23H25ClN4O3. The zero-order chi connectivity index (χ0) is 21.7. The van der Waals surface area contributed by atoms with Crippen molar-refractivity contribution in [3.63, 3.8) is 0 Å². The van der Waals surface area contributed by atoms with Crippen molar-refractivity contribution in [3.05, 3.63) is 89.5 Å². The zero-order valence-electron chi connectivity index (χ0n) is 17.0. The molecule has 0 radical (unpaired) electrons. The van der Waals surface area contributed by atoms with Gasteiger partial charge in [0.15, 0.2) is 11.5 Å². The van der Waals surface area contributed by atoms with Gasteiger partial charge in [-0.1, -0.05) is 36.4 Å². The molecule has 0 saturated heterocycles. The van der Waals surface area contributed by atoms with E-state index in [2.05, 4.69) is 0 Å². The summed E-state index contributed by atoms with van der Waals surface area (Å²) in [6, 6.07) is 20.6. The number of halogens is 1. The first-order chi connectivity index (χ1) is 14.4. The van der Waals surface area contributed by atoms with Crippen molar-refractivity contribution in [1.82, 2.24) is 0 Å². The highest BCUT2D eigenvalue weighted by Crippen LogP contribution is 2.34. The standard InChI is InChI=1S/C23H24N4O3.ClH/c1-30-20-12-9-17(13-19(20)28)21(23(26)29)27(14-15-5-3-2-4-6-15)18-10-7-16(8-11-18)22(24)25;/h2-13,21,28H,14H2,1H3,(H3,24,25)(H2,26,29);1H. The highest BCUT2D eigenvalue weighted by atomic mass is 35.5. The van der Waals surface area contributed by atoms with Crippen LogP contribution in [0.3, 0.4) is 0 Å². The Labute approximate surface area is 187 Å². The summed E-state index contributed by atoms with van der Waals surface area (Å²) in [5.41, 5.74) is 14.2. The molecule has 3 aromatic carbocycles. The molecule has 0 fully saturated rings. The van der Waals surface area contributed by atoms with Gasteiger partial charge in [-0.3, -0.25) is 10.2 Å². The molecular weight excluding hydrogens is 416 g/mol. The lowest BCUT2D eigenvalue weighted by molar-refractivity contribution is -0.119. The third-order valence-corrected chi connectivity index (χ3v) is 4.81. The fourth-order valence-electron chi connectivity index (χ4n) is 3.32. The number of benzene rings is 3. The minimum atomic E-state index is -0.842. The summed E-state index contributed by atoms with van der Waals surface area (Å²) in [4.78, 5) is 14.4. The summed E-state index contributed by atoms with van der Waals surface area (Å²) in [6.07, 6.45) is 0. The third kappa shape index (κ3) is 5.46. The topological polar surface area (TPSA) is 126 Å². The van der Waals surface area contributed by atoms with E-state index < -0.39 is 11.9 Å². The Balaban J connectivity index is 0.00000341. The van der Waals surface area contributed by atoms with E-state index in [0.29, 0.717) is 23.4 Å². The van der Waals surface area contributed by atoms with Gasteiger partial charge >= 0.3 is 0 Å². The zero-order valence-corrected chi connectivity index (χ0v) is 17.8. The molecule has 0 aliphatic rings. The van der Waals surface area contributed by atoms with Crippen molar-refractivity contribution in [1.29, 1.82) is 5.41 Å². The maximum Gasteiger partial charge on any atom is 0.244 e. The number of nitrogens with one attached hydrogen (secondary N) is 1. The molecule has 0 spiro atoms. The number of carbonyl (C=O) groups excluding carboxylic acids is 1. The van der Waals surface area contributed by atoms with E-state index in [1.54, 1.807) is 36.4 Å². The molecule has 1 unspecified atom stereocenters. The number of amides is 1. The van der Waals surface area contributed by atoms with Crippen LogP contribution in [0, 0.1) is 5.41 Å². The first-order valence-electron chi connectivity index (χ1n) is 9.32. The largest absolute Gasteiger partial charge is 0.504 e. The first kappa shape index (κ1) is 23.6. The first-order valence-corrected chi connectivity index (χ1v) is 9.32. The highest BCUT2D eigenvalue weighted by molar-refractivity contribution is 5.95. The lowest BCUT2D eigenvalue weighted by atomic mass is 10.0. The Morgan fingerprint density at radius 2 is 1.71 bits per heavy atom. The molecule has 0 bridgehead atoms. The second-order valence-corrected chi connectivity index (χ2v) is 6.81. The molecule has 0 saturated carbocycles. The molecule has 162 valence electrons. The van der Waals surface area contributed by atoms with E-state index in [1.165, 1.54) is 13.2 Å². The van der Waals surface area contributed by atoms with Crippen molar-refractivity contribution in [2.75, 3.05) is 12.0 Å². The number of nitrogen functional groups attached to an aromatic ring is 1. The molecule has 31 heavy (non-hydrogen) atoms. The summed E-state index contributed by atoms with van der Waals surface area (Å²) < 4.78 is 5.10. The Kier molecular flexibility index (Phi) is 7.88. The van der Waals surface area contributed by atoms with Crippen LogP contribution in [0.15, 0.2) is 72.8 Å². The van der Waals surface area contributed by atoms with E-state index in [4.69, 9.17) is 21.6 Å². The average Bonchev–Trinajstić information content (AvgIpc) is 2.74. The molecule has 0 aromatic heterocycles. The number of phenols is 1. The van der Waals surface area contributed by atoms with E-state index >= 15 is 0 Å². The lowest BCUT2D eigenvalue weighted by Crippen LogP contribution is -2.37. The molecule has 1 amide bonds. The average molecular weight is 441 g/mol. The van der Waals surface area contributed by atoms with E-state index in [-0.39, 0.29) is 24.0 Å². The van der Waals surface area contributed by atoms with Gasteiger partial charge in [0.1, 0.15) is 11.9 Å². The molecule has 8 heteroatoms. The van der Waals surface area contributed by atoms with E-state index in [0.717, 1.165) is 11.3 Å². The van der Waals surface area contributed by atoms with Gasteiger partial charge in [0.05, 0.1) is 7.11 Å². The number of amidine groups is 1. The number of methoxy groups -OCH3 is 1. The number of aromatic hydroxyl groups is 1. The number of ether oxygens (including phenoxy) is 1. The predicted octanol–water partition coefficient (Wildman–Crippen LogP) is 3.34. The summed E-state index contributed by atoms with van der Waals surface area (Å²) in [6.45, 7) is 0.403. The number of anilines is 1. The minimum Gasteiger partial charge on any atom is -0.504 e. The monoisotopic (exact) mass is 440 g/mol. The second kappa shape index (κ2) is 10.4. The van der Waals surface area contributed by atoms with Crippen LogP contribution in [0.25, 0.3) is 0 Å². The number of nitrogens with two attached hydrogens (primary N) is 2. The molecule has 0 aliphatic heterocycles. The van der Waals surface area contributed by atoms with Crippen LogP contribution in [0.1, 0.15) is 22.7 Å². The van der Waals surface area contributed by atoms with Crippen LogP contribution in [0.2, 0.25) is 0 Å². The summed E-state index contributed by atoms with van der Waals surface area (Å²) in [5.74, 6) is -0.371. The molecule has 7 nitrogen and oxygen atoms in total. The molecule has 6 N–H and O–H groups in total. The van der Waals surface area contributed by atoms with Gasteiger partial charge in [0.25, 0.3) is 0 Å². The van der Waals surface area contributed by atoms with E-state index in [9.17, 15) is 9.90 Å². The number of primary amides is 1. The number of rotatable bonds is 8. The van der Waals surface area contributed by atoms with Crippen LogP contribution in [-0.2, 0) is 11.3 Å². The summed E-state index contributed by atoms with van der Waals surface area (Å²) in [5, 5.41) is 17.8. The van der Waals surface area contributed by atoms with Crippen molar-refractivity contribution >= 4 is 29.8 Å². The quantitative estimate of drug-likeness (QED) is 0.315. The smallest absolute Gasteiger partial charge is 0.244 e. The van der Waals surface area contributed by atoms with Crippen LogP contribution < -0.4 is 21.1 Å². The maximum absolute atomic E-state index is 12.6. The van der Waals surface area contributed by atoms with Crippen LogP contribution in [0.4, 0.5) is 5.69 Å². The minimum absolute atomic E-state index is 0. The van der Waals surface area contributed by atoms with Crippen molar-refractivity contribution in [3.8, 4) is 11.5 Å². The molecule has 3 rings (SSSR count). The van der Waals surface area contributed by atoms with Gasteiger partial charge in [-0.2, -0.15) is 0 Å². The highest BCUT2D eigenvalue weighted by Gasteiger charge is 2.27. The maximum atomic E-state index is 12.6. The Morgan fingerprint density at radius 3 is 2.23 bits per heavy atom. The SMILES string of the molecule is COc1ccc(C(C(N)=O)N(Cc2ccccc2)c2ccc(C(=N)N)cc2)cc1O.Cl. The van der Waals surface area contributed by atoms with Gasteiger partial charge in [0, 0.05) is 17.8 Å². The number of hydrogen-bond acceptors (Lipinski definition) is 5. The fraction of sp³-hybridized carbons (Fsp3) is 0.130. The summed E-state index contributed by atoms with van der Waals surface area (Å²) in [7, 11) is 1.46. The number of carbonyl (C=O) groups is 1. The van der Waals surface area contributed by atoms with E-state index in [1.807, 2.05) is 35.2 Å². The molecule has 0 aliphatic carbocycles. The Hall–Kier alpha value is -3.71. The number of phenolic OH excluding ortho intramolecular Hbond substituents is 1. The normalized spacial score (nSPS) is 11.1. The Morgan fingerprint density at radius 1 is 1.06 bits per heavy atom. The van der Waals surface area contributed by atoms with Crippen LogP contribution in [0.5, 0.6) is 11.5 Å². The fourth-order valence-corrected chi connectivity index (χ4v) is 3.32. The van der Waals surface area contributed by atoms with Crippen molar-refractivity contribution < 1.29 is 14.6 Å². The molecule has 0 heterocycles. The van der Waals surface area contributed by atoms with Gasteiger partial charge < -0.3 is 26.2 Å². The number of nitrogens with zero attached hydrogens (tertiary/aromatic N) is 1. The molecule has 3 aromatic rings. The Bertz CT molecular complexity index is 1040. The lowest BCUT2D eigenvalue weighted by Gasteiger charge is -2.32. The van der Waals surface area contributed by atoms with Gasteiger partial charge in [0.2, 0.25) is 5.91 Å². The third-order valence-electron chi connectivity index (χ3n) is 4.81. The second-order valence-electron chi connectivity index (χ2n) is 6.81. The van der Waals surface area contributed by atoms with Gasteiger partial charge in [-0.05, 0) is 47.5 Å². The van der Waals surface area contributed by atoms with Crippen molar-refractivity contribution in [2.45, 2.75) is 12.6 Å².